The number of aromatic nitrogens is 2. The highest BCUT2D eigenvalue weighted by Gasteiger charge is 2.32. The zero-order chi connectivity index (χ0) is 15.3. The number of aliphatic hydroxyl groups excluding tert-OH is 1. The van der Waals surface area contributed by atoms with Gasteiger partial charge in [-0.25, -0.2) is 9.97 Å². The molecule has 0 spiro atoms. The summed E-state index contributed by atoms with van der Waals surface area (Å²) >= 11 is 0. The zero-order valence-electron chi connectivity index (χ0n) is 11.0. The fraction of sp³-hybridized carbons (Fsp3) is 0.286. The molecule has 0 saturated heterocycles. The Morgan fingerprint density at radius 2 is 1.86 bits per heavy atom. The lowest BCUT2D eigenvalue weighted by Crippen LogP contribution is -2.28. The van der Waals surface area contributed by atoms with E-state index in [4.69, 9.17) is 0 Å². The minimum atomic E-state index is -4.52. The maximum atomic E-state index is 12.6. The average molecular weight is 297 g/mol. The molecule has 0 amide bonds. The van der Waals surface area contributed by atoms with Crippen molar-refractivity contribution in [3.8, 4) is 0 Å². The Labute approximate surface area is 119 Å². The summed E-state index contributed by atoms with van der Waals surface area (Å²) in [6.07, 6.45) is -3.03. The molecule has 7 heteroatoms. The number of benzene rings is 1. The zero-order valence-corrected chi connectivity index (χ0v) is 11.0. The van der Waals surface area contributed by atoms with Crippen molar-refractivity contribution in [3.05, 3.63) is 53.9 Å². The van der Waals surface area contributed by atoms with E-state index in [1.54, 1.807) is 0 Å². The van der Waals surface area contributed by atoms with E-state index >= 15 is 0 Å². The first-order chi connectivity index (χ1) is 9.99. The third-order valence-corrected chi connectivity index (χ3v) is 2.82. The van der Waals surface area contributed by atoms with Gasteiger partial charge in [0.25, 0.3) is 0 Å². The largest absolute Gasteiger partial charge is 0.433 e. The lowest BCUT2D eigenvalue weighted by atomic mass is 10.1. The van der Waals surface area contributed by atoms with E-state index in [0.717, 1.165) is 17.8 Å². The van der Waals surface area contributed by atoms with Crippen molar-refractivity contribution in [1.29, 1.82) is 0 Å². The van der Waals surface area contributed by atoms with Crippen LogP contribution < -0.4 is 5.32 Å². The summed E-state index contributed by atoms with van der Waals surface area (Å²) in [6, 6.07) is 9.65. The van der Waals surface area contributed by atoms with E-state index in [2.05, 4.69) is 15.3 Å². The number of halogens is 3. The van der Waals surface area contributed by atoms with Crippen molar-refractivity contribution in [2.75, 3.05) is 11.9 Å². The molecule has 1 atom stereocenters. The van der Waals surface area contributed by atoms with Gasteiger partial charge in [-0.3, -0.25) is 0 Å². The Morgan fingerprint density at radius 1 is 1.14 bits per heavy atom. The summed E-state index contributed by atoms with van der Waals surface area (Å²) in [5.41, 5.74) is -0.0626. The Bertz CT molecular complexity index is 575. The molecule has 1 aromatic heterocycles. The molecule has 0 aliphatic rings. The van der Waals surface area contributed by atoms with Gasteiger partial charge in [0.05, 0.1) is 12.6 Å². The number of alkyl halides is 3. The number of hydrogen-bond acceptors (Lipinski definition) is 4. The van der Waals surface area contributed by atoms with Crippen molar-refractivity contribution in [3.63, 3.8) is 0 Å². The first kappa shape index (κ1) is 15.2. The van der Waals surface area contributed by atoms with Crippen molar-refractivity contribution >= 4 is 5.95 Å². The minimum absolute atomic E-state index is 0.153. The van der Waals surface area contributed by atoms with Crippen molar-refractivity contribution < 1.29 is 18.3 Å². The first-order valence-electron chi connectivity index (χ1n) is 6.30. The Balaban J connectivity index is 2.08. The number of hydrogen-bond donors (Lipinski definition) is 2. The fourth-order valence-corrected chi connectivity index (χ4v) is 1.83. The molecule has 0 unspecified atom stereocenters. The van der Waals surface area contributed by atoms with Gasteiger partial charge >= 0.3 is 6.18 Å². The van der Waals surface area contributed by atoms with Crippen LogP contribution in [-0.4, -0.2) is 27.7 Å². The van der Waals surface area contributed by atoms with E-state index < -0.39 is 17.9 Å². The molecule has 21 heavy (non-hydrogen) atoms. The van der Waals surface area contributed by atoms with Crippen molar-refractivity contribution in [2.45, 2.75) is 18.6 Å². The number of nitrogens with one attached hydrogen (secondary N) is 1. The second kappa shape index (κ2) is 6.53. The topological polar surface area (TPSA) is 58.0 Å². The lowest BCUT2D eigenvalue weighted by molar-refractivity contribution is -0.141. The summed E-state index contributed by atoms with van der Waals surface area (Å²) in [5, 5.41) is 12.1. The van der Waals surface area contributed by atoms with Gasteiger partial charge in [0, 0.05) is 6.20 Å². The van der Waals surface area contributed by atoms with Crippen LogP contribution in [-0.2, 0) is 12.6 Å². The third kappa shape index (κ3) is 4.42. The van der Waals surface area contributed by atoms with Gasteiger partial charge in [-0.15, -0.1) is 0 Å². The molecule has 112 valence electrons. The van der Waals surface area contributed by atoms with Gasteiger partial charge in [-0.05, 0) is 18.1 Å². The highest BCUT2D eigenvalue weighted by molar-refractivity contribution is 5.29. The Kier molecular flexibility index (Phi) is 4.74. The standard InChI is InChI=1S/C14H14F3N3O/c15-14(16,17)12-6-7-18-13(20-12)19-11(9-21)8-10-4-2-1-3-5-10/h1-7,11,21H,8-9H2,(H,18,19,20)/t11-/m0/s1. The van der Waals surface area contributed by atoms with Crippen LogP contribution in [0, 0.1) is 0 Å². The highest BCUT2D eigenvalue weighted by atomic mass is 19.4. The van der Waals surface area contributed by atoms with Crippen LogP contribution in [0.3, 0.4) is 0 Å². The van der Waals surface area contributed by atoms with Crippen LogP contribution >= 0.6 is 0 Å². The van der Waals surface area contributed by atoms with Crippen LogP contribution in [0.2, 0.25) is 0 Å². The van der Waals surface area contributed by atoms with E-state index in [1.165, 1.54) is 0 Å². The van der Waals surface area contributed by atoms with E-state index in [-0.39, 0.29) is 12.6 Å². The van der Waals surface area contributed by atoms with Crippen LogP contribution in [0.1, 0.15) is 11.3 Å². The monoisotopic (exact) mass is 297 g/mol. The molecule has 1 heterocycles. The maximum Gasteiger partial charge on any atom is 0.433 e. The first-order valence-corrected chi connectivity index (χ1v) is 6.30. The Morgan fingerprint density at radius 3 is 2.48 bits per heavy atom. The van der Waals surface area contributed by atoms with E-state index in [1.807, 2.05) is 30.3 Å². The number of rotatable bonds is 5. The molecule has 0 radical (unpaired) electrons. The van der Waals surface area contributed by atoms with Crippen LogP contribution in [0.5, 0.6) is 0 Å². The molecule has 2 rings (SSSR count). The van der Waals surface area contributed by atoms with Gasteiger partial charge in [-0.2, -0.15) is 13.2 Å². The molecule has 4 nitrogen and oxygen atoms in total. The van der Waals surface area contributed by atoms with E-state index in [0.29, 0.717) is 6.42 Å². The molecule has 2 aromatic rings. The third-order valence-electron chi connectivity index (χ3n) is 2.82. The summed E-state index contributed by atoms with van der Waals surface area (Å²) in [4.78, 5) is 7.16. The number of nitrogens with zero attached hydrogens (tertiary/aromatic N) is 2. The molecule has 1 aromatic carbocycles. The normalized spacial score (nSPS) is 13.0. The molecular weight excluding hydrogens is 283 g/mol. The van der Waals surface area contributed by atoms with Gasteiger partial charge in [-0.1, -0.05) is 30.3 Å². The fourth-order valence-electron chi connectivity index (χ4n) is 1.83. The molecule has 2 N–H and O–H groups in total. The average Bonchev–Trinajstić information content (AvgIpc) is 2.47. The predicted octanol–water partition coefficient (Wildman–Crippen LogP) is 2.51. The number of anilines is 1. The molecule has 0 saturated carbocycles. The smallest absolute Gasteiger partial charge is 0.394 e. The molecule has 0 aliphatic heterocycles. The molecule has 0 fully saturated rings. The van der Waals surface area contributed by atoms with Gasteiger partial charge in [0.2, 0.25) is 5.95 Å². The highest BCUT2D eigenvalue weighted by Crippen LogP contribution is 2.27. The van der Waals surface area contributed by atoms with Gasteiger partial charge < -0.3 is 10.4 Å². The summed E-state index contributed by atoms with van der Waals surface area (Å²) in [7, 11) is 0. The number of aliphatic hydroxyl groups is 1. The van der Waals surface area contributed by atoms with Crippen molar-refractivity contribution in [2.24, 2.45) is 0 Å². The quantitative estimate of drug-likeness (QED) is 0.890. The second-order valence-electron chi connectivity index (χ2n) is 4.48. The maximum absolute atomic E-state index is 12.6. The predicted molar refractivity (Wildman–Crippen MR) is 71.7 cm³/mol. The summed E-state index contributed by atoms with van der Waals surface area (Å²) in [5.74, 6) is -0.153. The van der Waals surface area contributed by atoms with Crippen LogP contribution in [0.25, 0.3) is 0 Å². The van der Waals surface area contributed by atoms with Gasteiger partial charge in [0.1, 0.15) is 5.69 Å². The molecule has 0 aliphatic carbocycles. The molecular formula is C14H14F3N3O. The van der Waals surface area contributed by atoms with Crippen LogP contribution in [0.15, 0.2) is 42.6 Å². The Hall–Kier alpha value is -2.15. The summed E-state index contributed by atoms with van der Waals surface area (Å²) < 4.78 is 37.7. The minimum Gasteiger partial charge on any atom is -0.394 e. The SMILES string of the molecule is OC[C@H](Cc1ccccc1)Nc1nccc(C(F)(F)F)n1. The van der Waals surface area contributed by atoms with Gasteiger partial charge in [0.15, 0.2) is 0 Å². The van der Waals surface area contributed by atoms with E-state index in [9.17, 15) is 18.3 Å². The second-order valence-corrected chi connectivity index (χ2v) is 4.48. The van der Waals surface area contributed by atoms with Crippen LogP contribution in [0.4, 0.5) is 19.1 Å². The lowest BCUT2D eigenvalue weighted by Gasteiger charge is -2.17. The molecule has 0 bridgehead atoms. The summed E-state index contributed by atoms with van der Waals surface area (Å²) in [6.45, 7) is -0.242. The van der Waals surface area contributed by atoms with Crippen molar-refractivity contribution in [1.82, 2.24) is 9.97 Å².